The fourth-order valence-corrected chi connectivity index (χ4v) is 3.64. The van der Waals surface area contributed by atoms with E-state index in [9.17, 15) is 32.0 Å². The molecule has 0 saturated carbocycles. The zero-order valence-corrected chi connectivity index (χ0v) is 18.2. The molecule has 0 amide bonds. The standard InChI is InChI=1S/C22H15F5N8O/c1-9(31-18-14(8-28)17(29)33-21(30)34-18)19-32-16-13(3-2-4-15(16)22(25,26)27)20(36)35(19)12-6-10(23)5-11(24)7-12/h2-7,9H,1H3,(H5,29,30,31,33,34). The molecule has 9 nitrogen and oxygen atoms in total. The molecule has 0 fully saturated rings. The smallest absolute Gasteiger partial charge is 0.382 e. The fourth-order valence-electron chi connectivity index (χ4n) is 3.64. The average molecular weight is 502 g/mol. The molecule has 4 rings (SSSR count). The van der Waals surface area contributed by atoms with Gasteiger partial charge in [0.25, 0.3) is 5.56 Å². The van der Waals surface area contributed by atoms with E-state index in [0.29, 0.717) is 6.07 Å². The van der Waals surface area contributed by atoms with Crippen molar-refractivity contribution in [2.45, 2.75) is 19.1 Å². The summed E-state index contributed by atoms with van der Waals surface area (Å²) in [4.78, 5) is 25.0. The number of para-hydroxylation sites is 1. The Balaban J connectivity index is 2.03. The highest BCUT2D eigenvalue weighted by Crippen LogP contribution is 2.34. The Morgan fingerprint density at radius 2 is 1.75 bits per heavy atom. The average Bonchev–Trinajstić information content (AvgIpc) is 2.77. The van der Waals surface area contributed by atoms with Gasteiger partial charge in [-0.05, 0) is 31.2 Å². The number of hydrogen-bond acceptors (Lipinski definition) is 8. The number of nitrogens with one attached hydrogen (secondary N) is 1. The van der Waals surface area contributed by atoms with Gasteiger partial charge in [-0.25, -0.2) is 13.8 Å². The van der Waals surface area contributed by atoms with Gasteiger partial charge in [-0.15, -0.1) is 0 Å². The molecular weight excluding hydrogens is 487 g/mol. The zero-order chi connectivity index (χ0) is 26.4. The molecule has 2 aromatic heterocycles. The van der Waals surface area contributed by atoms with Gasteiger partial charge >= 0.3 is 6.18 Å². The molecule has 184 valence electrons. The van der Waals surface area contributed by atoms with E-state index in [1.165, 1.54) is 6.92 Å². The number of nitrogens with zero attached hydrogens (tertiary/aromatic N) is 5. The van der Waals surface area contributed by atoms with Gasteiger partial charge < -0.3 is 16.8 Å². The summed E-state index contributed by atoms with van der Waals surface area (Å²) in [7, 11) is 0. The van der Waals surface area contributed by atoms with Crippen LogP contribution in [0.25, 0.3) is 16.6 Å². The van der Waals surface area contributed by atoms with Crippen LogP contribution in [0, 0.1) is 23.0 Å². The molecule has 0 spiro atoms. The molecule has 36 heavy (non-hydrogen) atoms. The van der Waals surface area contributed by atoms with Gasteiger partial charge in [0, 0.05) is 6.07 Å². The first-order valence-electron chi connectivity index (χ1n) is 10.1. The van der Waals surface area contributed by atoms with Crippen molar-refractivity contribution < 1.29 is 22.0 Å². The Labute approximate surface area is 198 Å². The summed E-state index contributed by atoms with van der Waals surface area (Å²) in [6.07, 6.45) is -4.85. The number of alkyl halides is 3. The van der Waals surface area contributed by atoms with Crippen molar-refractivity contribution in [3.8, 4) is 11.8 Å². The summed E-state index contributed by atoms with van der Waals surface area (Å²) < 4.78 is 69.9. The summed E-state index contributed by atoms with van der Waals surface area (Å²) in [6, 6.07) is 5.73. The van der Waals surface area contributed by atoms with E-state index in [1.807, 2.05) is 0 Å². The van der Waals surface area contributed by atoms with E-state index in [1.54, 1.807) is 6.07 Å². The lowest BCUT2D eigenvalue weighted by atomic mass is 10.1. The maximum absolute atomic E-state index is 14.0. The van der Waals surface area contributed by atoms with Crippen molar-refractivity contribution in [3.63, 3.8) is 0 Å². The molecule has 5 N–H and O–H groups in total. The predicted molar refractivity (Wildman–Crippen MR) is 120 cm³/mol. The minimum absolute atomic E-state index is 0.189. The van der Waals surface area contributed by atoms with Crippen LogP contribution in [0.2, 0.25) is 0 Å². The molecule has 0 aliphatic heterocycles. The number of aromatic nitrogens is 4. The predicted octanol–water partition coefficient (Wildman–Crippen LogP) is 3.68. The van der Waals surface area contributed by atoms with Crippen molar-refractivity contribution in [1.29, 1.82) is 5.26 Å². The highest BCUT2D eigenvalue weighted by molar-refractivity contribution is 5.82. The number of nitriles is 1. The number of halogens is 5. The molecule has 0 radical (unpaired) electrons. The van der Waals surface area contributed by atoms with Crippen molar-refractivity contribution in [2.75, 3.05) is 16.8 Å². The summed E-state index contributed by atoms with van der Waals surface area (Å²) in [5.41, 5.74) is 7.87. The third kappa shape index (κ3) is 4.33. The van der Waals surface area contributed by atoms with Crippen molar-refractivity contribution in [2.24, 2.45) is 0 Å². The van der Waals surface area contributed by atoms with E-state index in [-0.39, 0.29) is 34.7 Å². The number of anilines is 3. The van der Waals surface area contributed by atoms with Crippen LogP contribution in [-0.2, 0) is 6.18 Å². The third-order valence-corrected chi connectivity index (χ3v) is 5.14. The molecule has 0 bridgehead atoms. The lowest BCUT2D eigenvalue weighted by Crippen LogP contribution is -2.28. The van der Waals surface area contributed by atoms with Gasteiger partial charge in [0.1, 0.15) is 34.9 Å². The van der Waals surface area contributed by atoms with Gasteiger partial charge in [0.05, 0.1) is 28.2 Å². The van der Waals surface area contributed by atoms with E-state index in [0.717, 1.165) is 34.9 Å². The Morgan fingerprint density at radius 1 is 1.08 bits per heavy atom. The summed E-state index contributed by atoms with van der Waals surface area (Å²) in [6.45, 7) is 1.38. The van der Waals surface area contributed by atoms with Crippen LogP contribution in [-0.4, -0.2) is 19.5 Å². The highest BCUT2D eigenvalue weighted by atomic mass is 19.4. The molecule has 0 aliphatic carbocycles. The Kier molecular flexibility index (Phi) is 5.92. The van der Waals surface area contributed by atoms with Gasteiger partial charge in [-0.1, -0.05) is 6.07 Å². The van der Waals surface area contributed by atoms with Gasteiger partial charge in [0.2, 0.25) is 5.95 Å². The summed E-state index contributed by atoms with van der Waals surface area (Å²) >= 11 is 0. The van der Waals surface area contributed by atoms with Crippen LogP contribution in [0.15, 0.2) is 41.2 Å². The van der Waals surface area contributed by atoms with E-state index in [2.05, 4.69) is 20.3 Å². The first-order chi connectivity index (χ1) is 16.9. The zero-order valence-electron chi connectivity index (χ0n) is 18.2. The molecule has 2 heterocycles. The van der Waals surface area contributed by atoms with Crippen LogP contribution in [0.4, 0.5) is 39.5 Å². The van der Waals surface area contributed by atoms with Crippen LogP contribution in [0.5, 0.6) is 0 Å². The number of benzene rings is 2. The van der Waals surface area contributed by atoms with Crippen LogP contribution in [0.1, 0.15) is 29.9 Å². The minimum Gasteiger partial charge on any atom is -0.382 e. The lowest BCUT2D eigenvalue weighted by Gasteiger charge is -2.21. The fraction of sp³-hybridized carbons (Fsp3) is 0.136. The first kappa shape index (κ1) is 24.3. The number of nitrogens with two attached hydrogens (primary N) is 2. The number of rotatable bonds is 4. The molecule has 14 heteroatoms. The minimum atomic E-state index is -4.85. The topological polar surface area (TPSA) is 149 Å². The number of fused-ring (bicyclic) bond motifs is 1. The van der Waals surface area contributed by atoms with E-state index >= 15 is 0 Å². The maximum atomic E-state index is 14.0. The summed E-state index contributed by atoms with van der Waals surface area (Å²) in [5.74, 6) is -3.20. The SMILES string of the molecule is CC(Nc1nc(N)nc(N)c1C#N)c1nc2c(C(F)(F)F)cccc2c(=O)n1-c1cc(F)cc(F)c1. The van der Waals surface area contributed by atoms with Crippen molar-refractivity contribution in [3.05, 3.63) is 75.3 Å². The molecule has 2 aromatic carbocycles. The van der Waals surface area contributed by atoms with Crippen LogP contribution in [0.3, 0.4) is 0 Å². The second-order valence-electron chi connectivity index (χ2n) is 7.61. The molecule has 4 aromatic rings. The van der Waals surface area contributed by atoms with Crippen LogP contribution < -0.4 is 22.3 Å². The molecule has 1 unspecified atom stereocenters. The van der Waals surface area contributed by atoms with Gasteiger partial charge in [-0.3, -0.25) is 9.36 Å². The maximum Gasteiger partial charge on any atom is 0.418 e. The lowest BCUT2D eigenvalue weighted by molar-refractivity contribution is -0.136. The van der Waals surface area contributed by atoms with E-state index in [4.69, 9.17) is 11.5 Å². The largest absolute Gasteiger partial charge is 0.418 e. The summed E-state index contributed by atoms with van der Waals surface area (Å²) in [5, 5.41) is 11.7. The monoisotopic (exact) mass is 502 g/mol. The second kappa shape index (κ2) is 8.77. The Bertz CT molecular complexity index is 1590. The third-order valence-electron chi connectivity index (χ3n) is 5.14. The Hall–Kier alpha value is -4.80. The Morgan fingerprint density at radius 3 is 2.36 bits per heavy atom. The molecule has 1 atom stereocenters. The molecular formula is C22H15F5N8O. The normalized spacial score (nSPS) is 12.4. The van der Waals surface area contributed by atoms with Gasteiger partial charge in [-0.2, -0.15) is 28.4 Å². The number of nitrogen functional groups attached to an aromatic ring is 2. The van der Waals surface area contributed by atoms with E-state index < -0.39 is 45.9 Å². The van der Waals surface area contributed by atoms with Crippen molar-refractivity contribution >= 4 is 28.5 Å². The van der Waals surface area contributed by atoms with Crippen LogP contribution >= 0.6 is 0 Å². The van der Waals surface area contributed by atoms with Crippen molar-refractivity contribution in [1.82, 2.24) is 19.5 Å². The number of hydrogen-bond donors (Lipinski definition) is 3. The van der Waals surface area contributed by atoms with Gasteiger partial charge in [0.15, 0.2) is 5.82 Å². The highest BCUT2D eigenvalue weighted by Gasteiger charge is 2.34. The quantitative estimate of drug-likeness (QED) is 0.358. The molecule has 0 aliphatic rings. The molecule has 0 saturated heterocycles. The second-order valence-corrected chi connectivity index (χ2v) is 7.61. The first-order valence-corrected chi connectivity index (χ1v) is 10.1.